The lowest BCUT2D eigenvalue weighted by Crippen LogP contribution is -2.03. The van der Waals surface area contributed by atoms with Gasteiger partial charge in [-0.05, 0) is 18.9 Å². The summed E-state index contributed by atoms with van der Waals surface area (Å²) in [6.07, 6.45) is 3.39. The van der Waals surface area contributed by atoms with Crippen LogP contribution in [0.4, 0.5) is 5.69 Å². The summed E-state index contributed by atoms with van der Waals surface area (Å²) < 4.78 is 2.10. The van der Waals surface area contributed by atoms with E-state index in [1.54, 1.807) is 6.08 Å². The van der Waals surface area contributed by atoms with Gasteiger partial charge in [-0.25, -0.2) is 0 Å². The van der Waals surface area contributed by atoms with Crippen molar-refractivity contribution in [2.45, 2.75) is 33.2 Å². The number of halogens is 2. The van der Waals surface area contributed by atoms with Gasteiger partial charge in [-0.3, -0.25) is 4.68 Å². The van der Waals surface area contributed by atoms with Crippen LogP contribution in [0.1, 0.15) is 25.2 Å². The second kappa shape index (κ2) is 5.42. The van der Waals surface area contributed by atoms with Crippen molar-refractivity contribution in [1.29, 1.82) is 0 Å². The Labute approximate surface area is 99.9 Å². The molecule has 0 radical (unpaired) electrons. The number of hydrogen-bond acceptors (Lipinski definition) is 2. The number of hydrogen-bond donors (Lipinski definition) is 1. The zero-order valence-corrected chi connectivity index (χ0v) is 10.4. The van der Waals surface area contributed by atoms with Crippen molar-refractivity contribution in [3.63, 3.8) is 0 Å². The van der Waals surface area contributed by atoms with E-state index in [9.17, 15) is 0 Å². The normalized spacial score (nSPS) is 10.4. The number of nitrogens with two attached hydrogens (primary N) is 1. The maximum atomic E-state index is 5.96. The summed E-state index contributed by atoms with van der Waals surface area (Å²) in [6, 6.07) is 0. The maximum Gasteiger partial charge on any atom is 0.104 e. The van der Waals surface area contributed by atoms with Crippen LogP contribution in [0.15, 0.2) is 10.6 Å². The minimum atomic E-state index is 0.254. The van der Waals surface area contributed by atoms with E-state index >= 15 is 0 Å². The molecule has 0 fully saturated rings. The standard InChI is InChI=1S/C10H15Cl2N3/c1-3-7-10(13)8(4-2)15(14-7)6-5-9(11)12/h5H,3-4,6,13H2,1-2H3. The van der Waals surface area contributed by atoms with Crippen molar-refractivity contribution in [3.8, 4) is 0 Å². The lowest BCUT2D eigenvalue weighted by atomic mass is 10.2. The van der Waals surface area contributed by atoms with E-state index in [1.165, 1.54) is 0 Å². The number of nitrogens with zero attached hydrogens (tertiary/aromatic N) is 2. The van der Waals surface area contributed by atoms with Gasteiger partial charge in [-0.15, -0.1) is 0 Å². The Kier molecular flexibility index (Phi) is 4.48. The Morgan fingerprint density at radius 3 is 2.53 bits per heavy atom. The third kappa shape index (κ3) is 2.89. The summed E-state index contributed by atoms with van der Waals surface area (Å²) >= 11 is 11.1. The van der Waals surface area contributed by atoms with Crippen molar-refractivity contribution in [1.82, 2.24) is 9.78 Å². The molecule has 0 spiro atoms. The molecule has 0 saturated carbocycles. The number of aromatic nitrogens is 2. The van der Waals surface area contributed by atoms with E-state index in [0.717, 1.165) is 29.9 Å². The molecular weight excluding hydrogens is 233 g/mol. The van der Waals surface area contributed by atoms with Crippen LogP contribution in [0.25, 0.3) is 0 Å². The lowest BCUT2D eigenvalue weighted by molar-refractivity contribution is 0.652. The van der Waals surface area contributed by atoms with Crippen molar-refractivity contribution < 1.29 is 0 Å². The largest absolute Gasteiger partial charge is 0.396 e. The predicted molar refractivity (Wildman–Crippen MR) is 65.2 cm³/mol. The van der Waals surface area contributed by atoms with E-state index in [-0.39, 0.29) is 4.49 Å². The molecule has 0 aliphatic carbocycles. The molecule has 3 nitrogen and oxygen atoms in total. The first-order valence-corrected chi connectivity index (χ1v) is 5.70. The first-order chi connectivity index (χ1) is 7.10. The lowest BCUT2D eigenvalue weighted by Gasteiger charge is -2.02. The second-order valence-electron chi connectivity index (χ2n) is 3.19. The fourth-order valence-electron chi connectivity index (χ4n) is 1.51. The number of allylic oxidation sites excluding steroid dienone is 1. The third-order valence-corrected chi connectivity index (χ3v) is 2.57. The minimum Gasteiger partial charge on any atom is -0.396 e. The highest BCUT2D eigenvalue weighted by molar-refractivity contribution is 6.55. The maximum absolute atomic E-state index is 5.96. The predicted octanol–water partition coefficient (Wildman–Crippen LogP) is 2.91. The van der Waals surface area contributed by atoms with Crippen LogP contribution in [0.2, 0.25) is 0 Å². The molecule has 2 N–H and O–H groups in total. The van der Waals surface area contributed by atoms with Gasteiger partial charge < -0.3 is 5.73 Å². The molecule has 1 rings (SSSR count). The highest BCUT2D eigenvalue weighted by atomic mass is 35.5. The molecule has 0 saturated heterocycles. The molecule has 0 aliphatic heterocycles. The van der Waals surface area contributed by atoms with E-state index in [4.69, 9.17) is 28.9 Å². The fraction of sp³-hybridized carbons (Fsp3) is 0.500. The van der Waals surface area contributed by atoms with E-state index in [1.807, 2.05) is 11.6 Å². The number of aryl methyl sites for hydroxylation is 1. The van der Waals surface area contributed by atoms with Crippen molar-refractivity contribution in [2.75, 3.05) is 5.73 Å². The van der Waals surface area contributed by atoms with E-state index in [0.29, 0.717) is 6.54 Å². The molecule has 84 valence electrons. The molecule has 1 aromatic rings. The third-order valence-electron chi connectivity index (χ3n) is 2.26. The molecular formula is C10H15Cl2N3. The van der Waals surface area contributed by atoms with E-state index in [2.05, 4.69) is 12.0 Å². The first kappa shape index (κ1) is 12.4. The average Bonchev–Trinajstić information content (AvgIpc) is 2.51. The van der Waals surface area contributed by atoms with Crippen LogP contribution in [-0.2, 0) is 19.4 Å². The van der Waals surface area contributed by atoms with Crippen LogP contribution in [-0.4, -0.2) is 9.78 Å². The zero-order chi connectivity index (χ0) is 11.4. The van der Waals surface area contributed by atoms with Crippen LogP contribution in [0.5, 0.6) is 0 Å². The summed E-state index contributed by atoms with van der Waals surface area (Å²) in [6.45, 7) is 4.65. The molecule has 0 aromatic carbocycles. The molecule has 1 heterocycles. The Morgan fingerprint density at radius 1 is 1.40 bits per heavy atom. The van der Waals surface area contributed by atoms with Gasteiger partial charge in [0.1, 0.15) is 4.49 Å². The number of rotatable bonds is 4. The molecule has 0 aliphatic rings. The topological polar surface area (TPSA) is 43.8 Å². The van der Waals surface area contributed by atoms with Crippen LogP contribution in [0.3, 0.4) is 0 Å². The molecule has 0 unspecified atom stereocenters. The molecule has 5 heteroatoms. The molecule has 0 amide bonds. The van der Waals surface area contributed by atoms with Gasteiger partial charge in [0.15, 0.2) is 0 Å². The smallest absolute Gasteiger partial charge is 0.104 e. The minimum absolute atomic E-state index is 0.254. The van der Waals surface area contributed by atoms with Gasteiger partial charge in [0.25, 0.3) is 0 Å². The summed E-state index contributed by atoms with van der Waals surface area (Å²) in [4.78, 5) is 0. The summed E-state index contributed by atoms with van der Waals surface area (Å²) in [5.74, 6) is 0. The van der Waals surface area contributed by atoms with Gasteiger partial charge in [0.05, 0.1) is 23.6 Å². The molecule has 0 atom stereocenters. The average molecular weight is 248 g/mol. The van der Waals surface area contributed by atoms with Gasteiger partial charge in [0.2, 0.25) is 0 Å². The Hall–Kier alpha value is -0.670. The van der Waals surface area contributed by atoms with Crippen LogP contribution < -0.4 is 5.73 Å². The van der Waals surface area contributed by atoms with Crippen molar-refractivity contribution >= 4 is 28.9 Å². The summed E-state index contributed by atoms with van der Waals surface area (Å²) in [5.41, 5.74) is 8.73. The van der Waals surface area contributed by atoms with E-state index < -0.39 is 0 Å². The number of nitrogen functional groups attached to an aromatic ring is 1. The fourth-order valence-corrected chi connectivity index (χ4v) is 1.64. The summed E-state index contributed by atoms with van der Waals surface area (Å²) in [5, 5.41) is 4.40. The van der Waals surface area contributed by atoms with Crippen molar-refractivity contribution in [3.05, 3.63) is 22.0 Å². The number of anilines is 1. The SMILES string of the molecule is CCc1nn(CC=C(Cl)Cl)c(CC)c1N. The molecule has 0 bridgehead atoms. The summed E-state index contributed by atoms with van der Waals surface area (Å²) in [7, 11) is 0. The van der Waals surface area contributed by atoms with Gasteiger partial charge in [-0.1, -0.05) is 37.0 Å². The highest BCUT2D eigenvalue weighted by Crippen LogP contribution is 2.19. The van der Waals surface area contributed by atoms with Gasteiger partial charge in [0, 0.05) is 0 Å². The monoisotopic (exact) mass is 247 g/mol. The Bertz CT molecular complexity index is 365. The van der Waals surface area contributed by atoms with Crippen molar-refractivity contribution in [2.24, 2.45) is 0 Å². The van der Waals surface area contributed by atoms with Gasteiger partial charge >= 0.3 is 0 Å². The second-order valence-corrected chi connectivity index (χ2v) is 4.20. The Morgan fingerprint density at radius 2 is 2.07 bits per heavy atom. The van der Waals surface area contributed by atoms with Gasteiger partial charge in [-0.2, -0.15) is 5.10 Å². The van der Waals surface area contributed by atoms with Crippen LogP contribution in [0, 0.1) is 0 Å². The highest BCUT2D eigenvalue weighted by Gasteiger charge is 2.11. The Balaban J connectivity index is 3.01. The zero-order valence-electron chi connectivity index (χ0n) is 8.93. The molecule has 15 heavy (non-hydrogen) atoms. The van der Waals surface area contributed by atoms with Crippen LogP contribution >= 0.6 is 23.2 Å². The molecule has 1 aromatic heterocycles. The first-order valence-electron chi connectivity index (χ1n) is 4.95. The quantitative estimate of drug-likeness (QED) is 0.890.